The topological polar surface area (TPSA) is 237 Å². The van der Waals surface area contributed by atoms with Crippen molar-refractivity contribution in [3.05, 3.63) is 158 Å². The summed E-state index contributed by atoms with van der Waals surface area (Å²) in [6, 6.07) is 0. The predicted octanol–water partition coefficient (Wildman–Crippen LogP) is 22.4. The Balaban J connectivity index is 5.42. The third-order valence-corrected chi connectivity index (χ3v) is 17.4. The largest absolute Gasteiger partial charge is 0.472 e. The highest BCUT2D eigenvalue weighted by atomic mass is 31.2. The minimum atomic E-state index is -4.99. The summed E-state index contributed by atoms with van der Waals surface area (Å²) < 4.78 is 68.4. The summed E-state index contributed by atoms with van der Waals surface area (Å²) >= 11 is 0. The lowest BCUT2D eigenvalue weighted by Gasteiger charge is -2.21. The summed E-state index contributed by atoms with van der Waals surface area (Å²) in [7, 11) is -9.99. The smallest absolute Gasteiger partial charge is 0.462 e. The number of esters is 4. The Labute approximate surface area is 617 Å². The van der Waals surface area contributed by atoms with Crippen molar-refractivity contribution in [2.24, 2.45) is 0 Å². The lowest BCUT2D eigenvalue weighted by Crippen LogP contribution is -2.30. The van der Waals surface area contributed by atoms with Gasteiger partial charge in [-0.3, -0.25) is 37.3 Å². The van der Waals surface area contributed by atoms with Crippen molar-refractivity contribution in [3.8, 4) is 0 Å². The van der Waals surface area contributed by atoms with Gasteiger partial charge in [0.1, 0.15) is 19.3 Å². The van der Waals surface area contributed by atoms with Gasteiger partial charge in [-0.1, -0.05) is 263 Å². The van der Waals surface area contributed by atoms with Gasteiger partial charge in [-0.2, -0.15) is 0 Å². The molecule has 0 aliphatic carbocycles. The van der Waals surface area contributed by atoms with Gasteiger partial charge in [0.2, 0.25) is 0 Å². The van der Waals surface area contributed by atoms with E-state index in [1.165, 1.54) is 12.8 Å². The zero-order chi connectivity index (χ0) is 74.6. The molecule has 0 saturated heterocycles. The van der Waals surface area contributed by atoms with Crippen LogP contribution in [-0.2, 0) is 65.4 Å². The number of phosphoric acid groups is 2. The van der Waals surface area contributed by atoms with E-state index in [4.69, 9.17) is 37.0 Å². The highest BCUT2D eigenvalue weighted by Crippen LogP contribution is 2.45. The van der Waals surface area contributed by atoms with Gasteiger partial charge in [-0.15, -0.1) is 0 Å². The summed E-state index contributed by atoms with van der Waals surface area (Å²) in [5.74, 6) is -2.30. The number of hydrogen-bond donors (Lipinski definition) is 3. The molecule has 580 valence electrons. The maximum Gasteiger partial charge on any atom is 0.472 e. The molecular weight excluding hydrogens is 1330 g/mol. The Morgan fingerprint density at radius 1 is 0.284 bits per heavy atom. The first kappa shape index (κ1) is 96.7. The van der Waals surface area contributed by atoms with E-state index in [-0.39, 0.29) is 25.7 Å². The van der Waals surface area contributed by atoms with E-state index in [0.29, 0.717) is 32.1 Å². The lowest BCUT2D eigenvalue weighted by atomic mass is 10.1. The number of allylic oxidation sites excluding steroid dienone is 26. The average Bonchev–Trinajstić information content (AvgIpc) is 0.923. The molecule has 3 N–H and O–H groups in total. The van der Waals surface area contributed by atoms with Crippen LogP contribution in [0.25, 0.3) is 0 Å². The highest BCUT2D eigenvalue weighted by Gasteiger charge is 2.30. The SMILES string of the molecule is CC/C=C\C/C=C\C/C=C\C/C=C\C/C=C\CCCC(=O)OCC(COP(=O)(O)OCC(O)COP(=O)(O)OCC(COC(=O)CCCCCC/C=C\C/C=C\C/C=C\C/C=C\CC)OC(=O)CCCCCCCCC/C=C\C/C=C\C/C=C\CC)OC(=O)CCCCCCC/C=C\CCCC. The quantitative estimate of drug-likeness (QED) is 0.0169. The molecule has 0 bridgehead atoms. The second kappa shape index (κ2) is 74.0. The number of rotatable bonds is 71. The Hall–Kier alpha value is -5.32. The zero-order valence-corrected chi connectivity index (χ0v) is 65.0. The number of phosphoric ester groups is 2. The fourth-order valence-corrected chi connectivity index (χ4v) is 11.2. The monoisotopic (exact) mass is 1470 g/mol. The van der Waals surface area contributed by atoms with Crippen molar-refractivity contribution >= 4 is 39.5 Å². The van der Waals surface area contributed by atoms with Gasteiger partial charge in [-0.05, 0) is 154 Å². The van der Waals surface area contributed by atoms with Crippen LogP contribution in [0.3, 0.4) is 0 Å². The Morgan fingerprint density at radius 3 is 0.833 bits per heavy atom. The molecule has 0 heterocycles. The first-order valence-electron chi connectivity index (χ1n) is 38.7. The summed E-state index contributed by atoms with van der Waals surface area (Å²) in [4.78, 5) is 72.9. The van der Waals surface area contributed by atoms with Crippen LogP contribution >= 0.6 is 15.6 Å². The molecule has 0 aliphatic rings. The summed E-state index contributed by atoms with van der Waals surface area (Å²) in [5.41, 5.74) is 0. The minimum absolute atomic E-state index is 0.0671. The molecular formula is C83H136O17P2. The molecule has 17 nitrogen and oxygen atoms in total. The van der Waals surface area contributed by atoms with Crippen LogP contribution in [0, 0.1) is 0 Å². The van der Waals surface area contributed by atoms with Crippen LogP contribution in [-0.4, -0.2) is 96.7 Å². The van der Waals surface area contributed by atoms with Crippen LogP contribution in [0.15, 0.2) is 158 Å². The van der Waals surface area contributed by atoms with E-state index < -0.39 is 97.5 Å². The maximum absolute atomic E-state index is 13.1. The van der Waals surface area contributed by atoms with Crippen molar-refractivity contribution in [1.82, 2.24) is 0 Å². The third kappa shape index (κ3) is 73.0. The Kier molecular flexibility index (Phi) is 70.1. The number of ether oxygens (including phenoxy) is 4. The van der Waals surface area contributed by atoms with Gasteiger partial charge in [-0.25, -0.2) is 9.13 Å². The number of unbranched alkanes of at least 4 members (excludes halogenated alkanes) is 19. The molecule has 0 fully saturated rings. The molecule has 19 heteroatoms. The fourth-order valence-electron chi connectivity index (χ4n) is 9.65. The normalized spacial score (nSPS) is 14.8. The van der Waals surface area contributed by atoms with Crippen LogP contribution in [0.2, 0.25) is 0 Å². The standard InChI is InChI=1S/C83H136O17P2/c1-5-9-13-17-21-25-29-32-35-38-41-44-48-51-55-59-63-67-80(85)93-73-78(99-82(87)69-65-61-57-53-47-28-24-20-16-12-8-4)75-97-101(89,90)95-71-77(84)72-96-102(91,92)98-76-79(100-83(88)70-66-62-58-54-50-46-43-40-37-34-31-27-23-19-15-11-7-3)74-94-81(86)68-64-60-56-52-49-45-42-39-36-33-30-26-22-18-14-10-6-2/h9-11,13-15,20-27,32-37,41-42,44-45,51,55,77-79,84H,5-8,12,16-19,28-31,38-40,43,46-50,52-54,56-76H2,1-4H3,(H,89,90)(H,91,92)/b13-9-,14-10-,15-11-,24-20-,25-21-,26-22-,27-23-,35-32-,36-33-,37-34-,44-41-,45-42-,55-51-. The number of aliphatic hydroxyl groups is 1. The van der Waals surface area contributed by atoms with Crippen LogP contribution in [0.1, 0.15) is 285 Å². The van der Waals surface area contributed by atoms with Crippen molar-refractivity contribution < 1.29 is 80.2 Å². The van der Waals surface area contributed by atoms with Crippen LogP contribution in [0.5, 0.6) is 0 Å². The van der Waals surface area contributed by atoms with E-state index in [9.17, 15) is 43.2 Å². The Bertz CT molecular complexity index is 2550. The summed E-state index contributed by atoms with van der Waals surface area (Å²) in [5, 5.41) is 10.6. The van der Waals surface area contributed by atoms with Gasteiger partial charge < -0.3 is 33.8 Å². The molecule has 0 rings (SSSR count). The van der Waals surface area contributed by atoms with Crippen molar-refractivity contribution in [2.45, 2.75) is 303 Å². The number of aliphatic hydroxyl groups excluding tert-OH is 1. The first-order valence-corrected chi connectivity index (χ1v) is 41.7. The molecule has 0 amide bonds. The molecule has 102 heavy (non-hydrogen) atoms. The van der Waals surface area contributed by atoms with Crippen molar-refractivity contribution in [1.29, 1.82) is 0 Å². The lowest BCUT2D eigenvalue weighted by molar-refractivity contribution is -0.161. The number of hydrogen-bond acceptors (Lipinski definition) is 15. The minimum Gasteiger partial charge on any atom is -0.462 e. The molecule has 0 spiro atoms. The number of carbonyl (C=O) groups is 4. The molecule has 0 saturated carbocycles. The third-order valence-electron chi connectivity index (χ3n) is 15.5. The van der Waals surface area contributed by atoms with Crippen LogP contribution < -0.4 is 0 Å². The molecule has 5 unspecified atom stereocenters. The van der Waals surface area contributed by atoms with Gasteiger partial charge in [0.15, 0.2) is 12.2 Å². The fraction of sp³-hybridized carbons (Fsp3) is 0.639. The predicted molar refractivity (Wildman–Crippen MR) is 417 cm³/mol. The van der Waals surface area contributed by atoms with E-state index >= 15 is 0 Å². The Morgan fingerprint density at radius 2 is 0.520 bits per heavy atom. The summed E-state index contributed by atoms with van der Waals surface area (Å²) in [6.45, 7) is 4.37. The summed E-state index contributed by atoms with van der Waals surface area (Å²) in [6.07, 6.45) is 85.3. The van der Waals surface area contributed by atoms with Crippen molar-refractivity contribution in [2.75, 3.05) is 39.6 Å². The van der Waals surface area contributed by atoms with E-state index in [1.54, 1.807) is 0 Å². The second-order valence-electron chi connectivity index (χ2n) is 25.1. The maximum atomic E-state index is 13.1. The van der Waals surface area contributed by atoms with E-state index in [1.807, 2.05) is 12.2 Å². The molecule has 0 aromatic rings. The van der Waals surface area contributed by atoms with Gasteiger partial charge in [0.05, 0.1) is 26.4 Å². The van der Waals surface area contributed by atoms with E-state index in [2.05, 4.69) is 174 Å². The van der Waals surface area contributed by atoms with Gasteiger partial charge in [0.25, 0.3) is 0 Å². The van der Waals surface area contributed by atoms with Crippen molar-refractivity contribution in [3.63, 3.8) is 0 Å². The molecule has 5 atom stereocenters. The van der Waals surface area contributed by atoms with Gasteiger partial charge in [0, 0.05) is 25.7 Å². The van der Waals surface area contributed by atoms with Gasteiger partial charge >= 0.3 is 39.5 Å². The molecule has 0 aliphatic heterocycles. The number of carbonyl (C=O) groups excluding carboxylic acids is 4. The van der Waals surface area contributed by atoms with Crippen LogP contribution in [0.4, 0.5) is 0 Å². The first-order chi connectivity index (χ1) is 49.7. The average molecular weight is 1470 g/mol. The highest BCUT2D eigenvalue weighted by molar-refractivity contribution is 7.47. The molecule has 0 radical (unpaired) electrons. The zero-order valence-electron chi connectivity index (χ0n) is 63.2. The second-order valence-corrected chi connectivity index (χ2v) is 28.1. The van der Waals surface area contributed by atoms with E-state index in [0.717, 1.165) is 186 Å². The molecule has 0 aromatic carbocycles. The molecule has 0 aromatic heterocycles.